The minimum atomic E-state index is -0.628. The molecule has 0 aromatic heterocycles. The number of phenolic OH excluding ortho intramolecular Hbond substituents is 1. The molecule has 0 saturated carbocycles. The van der Waals surface area contributed by atoms with E-state index in [9.17, 15) is 19.1 Å². The number of phenols is 1. The van der Waals surface area contributed by atoms with Crippen LogP contribution in [0.25, 0.3) is 6.08 Å². The van der Waals surface area contributed by atoms with Crippen LogP contribution in [0.5, 0.6) is 11.5 Å². The fraction of sp³-hybridized carbons (Fsp3) is 0.143. The molecule has 0 unspecified atom stereocenters. The molecule has 1 aliphatic heterocycles. The molecule has 1 aliphatic rings. The molecule has 2 N–H and O–H groups in total. The minimum absolute atomic E-state index is 0.00693. The number of nitrogens with one attached hydrogen (secondary N) is 1. The molecule has 3 amide bonds. The lowest BCUT2D eigenvalue weighted by Gasteiger charge is -2.12. The molecule has 0 radical (unpaired) electrons. The van der Waals surface area contributed by atoms with Crippen molar-refractivity contribution in [3.8, 4) is 11.5 Å². The lowest BCUT2D eigenvalue weighted by atomic mass is 10.0. The fourth-order valence-corrected chi connectivity index (χ4v) is 2.92. The molecule has 144 valence electrons. The summed E-state index contributed by atoms with van der Waals surface area (Å²) in [7, 11) is 1.42. The number of carbonyl (C=O) groups excluding carboxylic acids is 2. The predicted molar refractivity (Wildman–Crippen MR) is 102 cm³/mol. The number of halogens is 1. The predicted octanol–water partition coefficient (Wildman–Crippen LogP) is 3.36. The van der Waals surface area contributed by atoms with Gasteiger partial charge >= 0.3 is 6.03 Å². The van der Waals surface area contributed by atoms with Crippen molar-refractivity contribution in [3.05, 3.63) is 77.3 Å². The number of rotatable bonds is 6. The molecule has 0 bridgehead atoms. The zero-order valence-corrected chi connectivity index (χ0v) is 15.2. The molecular weight excluding hydrogens is 363 g/mol. The van der Waals surface area contributed by atoms with Gasteiger partial charge in [0, 0.05) is 11.1 Å². The van der Waals surface area contributed by atoms with Crippen LogP contribution >= 0.6 is 0 Å². The number of benzene rings is 2. The highest BCUT2D eigenvalue weighted by atomic mass is 19.1. The number of imide groups is 1. The molecule has 28 heavy (non-hydrogen) atoms. The number of amides is 3. The van der Waals surface area contributed by atoms with Crippen LogP contribution in [0.2, 0.25) is 0 Å². The van der Waals surface area contributed by atoms with E-state index in [0.717, 1.165) is 4.90 Å². The van der Waals surface area contributed by atoms with Gasteiger partial charge in [-0.05, 0) is 36.3 Å². The highest BCUT2D eigenvalue weighted by molar-refractivity contribution is 6.13. The highest BCUT2D eigenvalue weighted by Crippen LogP contribution is 2.33. The molecule has 2 aromatic rings. The molecule has 6 nitrogen and oxygen atoms in total. The standard InChI is InChI=1S/C21H19FN2O4/c1-3-6-14-9-13(11-18(28-2)19(14)25)10-17-20(26)24(21(27)23-17)12-15-7-4-5-8-16(15)22/h3-5,7-11,25H,1,6,12H2,2H3,(H,23,27). The van der Waals surface area contributed by atoms with Crippen molar-refractivity contribution in [2.75, 3.05) is 7.11 Å². The highest BCUT2D eigenvalue weighted by Gasteiger charge is 2.34. The number of methoxy groups -OCH3 is 1. The van der Waals surface area contributed by atoms with Crippen molar-refractivity contribution in [2.45, 2.75) is 13.0 Å². The normalized spacial score (nSPS) is 15.1. The summed E-state index contributed by atoms with van der Waals surface area (Å²) in [4.78, 5) is 25.8. The van der Waals surface area contributed by atoms with Crippen molar-refractivity contribution in [3.63, 3.8) is 0 Å². The molecule has 0 spiro atoms. The Hall–Kier alpha value is -3.61. The summed E-state index contributed by atoms with van der Waals surface area (Å²) in [5, 5.41) is 12.7. The van der Waals surface area contributed by atoms with Gasteiger partial charge in [0.1, 0.15) is 11.5 Å². The second-order valence-corrected chi connectivity index (χ2v) is 6.19. The molecule has 0 aliphatic carbocycles. The topological polar surface area (TPSA) is 78.9 Å². The Labute approximate surface area is 161 Å². The first kappa shape index (κ1) is 19.2. The zero-order chi connectivity index (χ0) is 20.3. The maximum atomic E-state index is 13.8. The SMILES string of the molecule is C=CCc1cc(C=C2NC(=O)N(Cc3ccccc3F)C2=O)cc(OC)c1O. The van der Waals surface area contributed by atoms with Gasteiger partial charge in [0.25, 0.3) is 5.91 Å². The van der Waals surface area contributed by atoms with E-state index in [0.29, 0.717) is 17.5 Å². The molecule has 3 rings (SSSR count). The lowest BCUT2D eigenvalue weighted by molar-refractivity contribution is -0.123. The van der Waals surface area contributed by atoms with Crippen LogP contribution in [-0.2, 0) is 17.8 Å². The number of hydrogen-bond acceptors (Lipinski definition) is 4. The average molecular weight is 382 g/mol. The van der Waals surface area contributed by atoms with Crippen molar-refractivity contribution >= 4 is 18.0 Å². The molecule has 2 aromatic carbocycles. The first-order valence-corrected chi connectivity index (χ1v) is 8.53. The molecular formula is C21H19FN2O4. The number of nitrogens with zero attached hydrogens (tertiary/aromatic N) is 1. The van der Waals surface area contributed by atoms with Crippen molar-refractivity contribution in [1.82, 2.24) is 10.2 Å². The summed E-state index contributed by atoms with van der Waals surface area (Å²) in [6.45, 7) is 3.48. The van der Waals surface area contributed by atoms with Gasteiger partial charge in [0.15, 0.2) is 11.5 Å². The number of allylic oxidation sites excluding steroid dienone is 1. The van der Waals surface area contributed by atoms with Gasteiger partial charge in [0.2, 0.25) is 0 Å². The quantitative estimate of drug-likeness (QED) is 0.456. The van der Waals surface area contributed by atoms with Gasteiger partial charge < -0.3 is 15.2 Å². The van der Waals surface area contributed by atoms with Crippen molar-refractivity contribution in [2.24, 2.45) is 0 Å². The number of aromatic hydroxyl groups is 1. The molecule has 1 saturated heterocycles. The summed E-state index contributed by atoms with van der Waals surface area (Å²) in [5.41, 5.74) is 1.43. The third-order valence-electron chi connectivity index (χ3n) is 4.32. The van der Waals surface area contributed by atoms with E-state index in [-0.39, 0.29) is 29.3 Å². The minimum Gasteiger partial charge on any atom is -0.504 e. The maximum absolute atomic E-state index is 13.8. The average Bonchev–Trinajstić information content (AvgIpc) is 2.93. The summed E-state index contributed by atoms with van der Waals surface area (Å²) in [6, 6.07) is 8.56. The van der Waals surface area contributed by atoms with Crippen LogP contribution in [0, 0.1) is 5.82 Å². The van der Waals surface area contributed by atoms with Gasteiger partial charge in [-0.3, -0.25) is 9.69 Å². The van der Waals surface area contributed by atoms with Gasteiger partial charge in [-0.15, -0.1) is 6.58 Å². The fourth-order valence-electron chi connectivity index (χ4n) is 2.92. The van der Waals surface area contributed by atoms with E-state index < -0.39 is 17.8 Å². The van der Waals surface area contributed by atoms with Crippen molar-refractivity contribution in [1.29, 1.82) is 0 Å². The van der Waals surface area contributed by atoms with E-state index in [4.69, 9.17) is 4.74 Å². The van der Waals surface area contributed by atoms with E-state index in [1.165, 1.54) is 31.4 Å². The third-order valence-corrected chi connectivity index (χ3v) is 4.32. The molecule has 1 fully saturated rings. The van der Waals surface area contributed by atoms with Crippen molar-refractivity contribution < 1.29 is 23.8 Å². The number of hydrogen-bond donors (Lipinski definition) is 2. The number of ether oxygens (including phenoxy) is 1. The van der Waals surface area contributed by atoms with Crippen LogP contribution in [0.3, 0.4) is 0 Å². The maximum Gasteiger partial charge on any atom is 0.329 e. The Morgan fingerprint density at radius 2 is 2.00 bits per heavy atom. The Morgan fingerprint density at radius 1 is 1.25 bits per heavy atom. The monoisotopic (exact) mass is 382 g/mol. The van der Waals surface area contributed by atoms with Crippen LogP contribution < -0.4 is 10.1 Å². The Balaban J connectivity index is 1.90. The molecule has 0 atom stereocenters. The summed E-state index contributed by atoms with van der Waals surface area (Å²) in [6.07, 6.45) is 3.51. The molecule has 7 heteroatoms. The Morgan fingerprint density at radius 3 is 2.68 bits per heavy atom. The largest absolute Gasteiger partial charge is 0.504 e. The summed E-state index contributed by atoms with van der Waals surface area (Å²) >= 11 is 0. The molecule has 1 heterocycles. The number of urea groups is 1. The van der Waals surface area contributed by atoms with Gasteiger partial charge in [-0.1, -0.05) is 24.3 Å². The van der Waals surface area contributed by atoms with E-state index >= 15 is 0 Å². The first-order chi connectivity index (χ1) is 13.4. The second-order valence-electron chi connectivity index (χ2n) is 6.19. The summed E-state index contributed by atoms with van der Waals surface area (Å²) in [5.74, 6) is -0.817. The van der Waals surface area contributed by atoms with Gasteiger partial charge in [0.05, 0.1) is 13.7 Å². The Bertz CT molecular complexity index is 984. The lowest BCUT2D eigenvalue weighted by Crippen LogP contribution is -2.30. The van der Waals surface area contributed by atoms with Crippen LogP contribution in [-0.4, -0.2) is 29.1 Å². The Kier molecular flexibility index (Phi) is 5.44. The van der Waals surface area contributed by atoms with E-state index in [1.807, 2.05) is 0 Å². The first-order valence-electron chi connectivity index (χ1n) is 8.53. The third kappa shape index (κ3) is 3.73. The smallest absolute Gasteiger partial charge is 0.329 e. The van der Waals surface area contributed by atoms with Crippen LogP contribution in [0.15, 0.2) is 54.8 Å². The van der Waals surface area contributed by atoms with Crippen LogP contribution in [0.4, 0.5) is 9.18 Å². The van der Waals surface area contributed by atoms with E-state index in [1.54, 1.807) is 24.3 Å². The van der Waals surface area contributed by atoms with Gasteiger partial charge in [-0.25, -0.2) is 9.18 Å². The van der Waals surface area contributed by atoms with Gasteiger partial charge in [-0.2, -0.15) is 0 Å². The van der Waals surface area contributed by atoms with Crippen LogP contribution in [0.1, 0.15) is 16.7 Å². The zero-order valence-electron chi connectivity index (χ0n) is 15.2. The number of carbonyl (C=O) groups is 2. The second kappa shape index (κ2) is 7.96. The summed E-state index contributed by atoms with van der Waals surface area (Å²) < 4.78 is 19.0. The van der Waals surface area contributed by atoms with E-state index in [2.05, 4.69) is 11.9 Å².